The van der Waals surface area contributed by atoms with Crippen LogP contribution in [-0.4, -0.2) is 117 Å². The Bertz CT molecular complexity index is 1210. The maximum atomic E-state index is 12.2. The smallest absolute Gasteiger partial charge is 0.303 e. The molecule has 5 atom stereocenters. The number of amides is 1. The molecule has 1 aliphatic heterocycles. The molecule has 1 aromatic heterocycles. The van der Waals surface area contributed by atoms with Crippen LogP contribution in [0.3, 0.4) is 0 Å². The molecule has 1 unspecified atom stereocenters. The third-order valence-electron chi connectivity index (χ3n) is 6.49. The van der Waals surface area contributed by atoms with Crippen LogP contribution in [-0.2, 0) is 54.1 Å². The van der Waals surface area contributed by atoms with Crippen molar-refractivity contribution in [3.8, 4) is 17.0 Å². The molecular weight excluding hydrogens is 592 g/mol. The van der Waals surface area contributed by atoms with Gasteiger partial charge in [0.25, 0.3) is 0 Å². The minimum absolute atomic E-state index is 0.0507. The van der Waals surface area contributed by atoms with Gasteiger partial charge in [-0.05, 0) is 18.6 Å². The summed E-state index contributed by atoms with van der Waals surface area (Å²) < 4.78 is 46.7. The number of ether oxygens (including phenoxy) is 8. The quantitative estimate of drug-likeness (QED) is 0.174. The van der Waals surface area contributed by atoms with Crippen molar-refractivity contribution in [2.45, 2.75) is 71.3 Å². The van der Waals surface area contributed by atoms with E-state index in [0.717, 1.165) is 12.0 Å². The van der Waals surface area contributed by atoms with Gasteiger partial charge in [-0.25, -0.2) is 4.68 Å². The Hall–Kier alpha value is -3.63. The maximum absolute atomic E-state index is 12.2. The van der Waals surface area contributed by atoms with Crippen molar-refractivity contribution < 1.29 is 52.3 Å². The Balaban J connectivity index is 1.72. The molecule has 0 radical (unpaired) electrons. The predicted molar refractivity (Wildman–Crippen MR) is 158 cm³/mol. The van der Waals surface area contributed by atoms with Gasteiger partial charge in [0.15, 0.2) is 18.5 Å². The van der Waals surface area contributed by atoms with E-state index in [1.807, 2.05) is 31.2 Å². The number of benzene rings is 1. The summed E-state index contributed by atoms with van der Waals surface area (Å²) in [5.41, 5.74) is 1.35. The van der Waals surface area contributed by atoms with Crippen LogP contribution in [0.4, 0.5) is 0 Å². The lowest BCUT2D eigenvalue weighted by molar-refractivity contribution is -0.276. The van der Waals surface area contributed by atoms with Gasteiger partial charge in [-0.1, -0.05) is 24.3 Å². The number of rotatable bonds is 19. The van der Waals surface area contributed by atoms with Gasteiger partial charge in [0.2, 0.25) is 5.91 Å². The Morgan fingerprint density at radius 1 is 0.911 bits per heavy atom. The highest BCUT2D eigenvalue weighted by Gasteiger charge is 2.51. The van der Waals surface area contributed by atoms with Gasteiger partial charge in [0.05, 0.1) is 59.5 Å². The van der Waals surface area contributed by atoms with Gasteiger partial charge in [-0.15, -0.1) is 5.10 Å². The van der Waals surface area contributed by atoms with Gasteiger partial charge in [-0.2, -0.15) is 0 Å². The second-order valence-corrected chi connectivity index (χ2v) is 10.2. The molecule has 2 heterocycles. The van der Waals surface area contributed by atoms with Crippen LogP contribution in [0.25, 0.3) is 11.3 Å². The van der Waals surface area contributed by atoms with Crippen molar-refractivity contribution >= 4 is 17.8 Å². The van der Waals surface area contributed by atoms with E-state index < -0.39 is 48.5 Å². The van der Waals surface area contributed by atoms with E-state index in [9.17, 15) is 14.4 Å². The molecule has 15 heteroatoms. The molecule has 45 heavy (non-hydrogen) atoms. The molecule has 0 aliphatic carbocycles. The standard InChI is InChI=1S/C30H44N4O11/c1-6-10-39-11-12-40-13-14-41-15-16-42-30-27(31-20(2)35)29(44-22(4)37)28(43-21(3)36)26(45-30)19-34-18-25(32-33-34)23-8-7-9-24(17-23)38-5/h7-9,17-18,26-30H,6,10-16,19H2,1-5H3,(H,31,35)/t26-,27-,28+,29-,30?/m1/s1. The van der Waals surface area contributed by atoms with Gasteiger partial charge in [0.1, 0.15) is 23.6 Å². The highest BCUT2D eigenvalue weighted by atomic mass is 16.7. The van der Waals surface area contributed by atoms with Crippen molar-refractivity contribution in [1.82, 2.24) is 20.3 Å². The molecular formula is C30H44N4O11. The number of nitrogens with one attached hydrogen (secondary N) is 1. The lowest BCUT2D eigenvalue weighted by Gasteiger charge is -2.45. The molecule has 250 valence electrons. The monoisotopic (exact) mass is 636 g/mol. The topological polar surface area (TPSA) is 168 Å². The number of aromatic nitrogens is 3. The first-order valence-electron chi connectivity index (χ1n) is 14.9. The first-order chi connectivity index (χ1) is 21.7. The van der Waals surface area contributed by atoms with Crippen LogP contribution >= 0.6 is 0 Å². The van der Waals surface area contributed by atoms with Crippen LogP contribution in [0.15, 0.2) is 30.5 Å². The molecule has 1 aliphatic rings. The lowest BCUT2D eigenvalue weighted by Crippen LogP contribution is -2.66. The van der Waals surface area contributed by atoms with Crippen molar-refractivity contribution in [1.29, 1.82) is 0 Å². The predicted octanol–water partition coefficient (Wildman–Crippen LogP) is 1.52. The number of hydrogen-bond acceptors (Lipinski definition) is 13. The largest absolute Gasteiger partial charge is 0.497 e. The zero-order valence-corrected chi connectivity index (χ0v) is 26.5. The molecule has 15 nitrogen and oxygen atoms in total. The number of methoxy groups -OCH3 is 1. The van der Waals surface area contributed by atoms with Crippen LogP contribution in [0.1, 0.15) is 34.1 Å². The fourth-order valence-corrected chi connectivity index (χ4v) is 4.64. The van der Waals surface area contributed by atoms with Crippen LogP contribution < -0.4 is 10.1 Å². The van der Waals surface area contributed by atoms with E-state index in [2.05, 4.69) is 15.6 Å². The number of carbonyl (C=O) groups is 3. The summed E-state index contributed by atoms with van der Waals surface area (Å²) in [4.78, 5) is 36.5. The number of carbonyl (C=O) groups excluding carboxylic acids is 3. The van der Waals surface area contributed by atoms with Crippen LogP contribution in [0.2, 0.25) is 0 Å². The molecule has 1 N–H and O–H groups in total. The molecule has 0 bridgehead atoms. The third kappa shape index (κ3) is 12.0. The van der Waals surface area contributed by atoms with E-state index in [1.165, 1.54) is 25.5 Å². The highest BCUT2D eigenvalue weighted by molar-refractivity contribution is 5.73. The number of nitrogens with zero attached hydrogens (tertiary/aromatic N) is 3. The van der Waals surface area contributed by atoms with Gasteiger partial charge in [-0.3, -0.25) is 14.4 Å². The second-order valence-electron chi connectivity index (χ2n) is 10.2. The maximum Gasteiger partial charge on any atom is 0.303 e. The van der Waals surface area contributed by atoms with Crippen molar-refractivity contribution in [2.75, 3.05) is 53.4 Å². The van der Waals surface area contributed by atoms with Gasteiger partial charge < -0.3 is 43.2 Å². The Kier molecular flexibility index (Phi) is 15.1. The molecule has 1 aromatic carbocycles. The van der Waals surface area contributed by atoms with E-state index >= 15 is 0 Å². The average molecular weight is 637 g/mol. The third-order valence-corrected chi connectivity index (χ3v) is 6.49. The summed E-state index contributed by atoms with van der Waals surface area (Å²) in [6.07, 6.45) is -1.59. The van der Waals surface area contributed by atoms with E-state index in [-0.39, 0.29) is 19.8 Å². The van der Waals surface area contributed by atoms with Crippen LogP contribution in [0, 0.1) is 0 Å². The molecule has 2 aromatic rings. The normalized spacial score (nSPS) is 21.2. The van der Waals surface area contributed by atoms with E-state index in [0.29, 0.717) is 44.5 Å². The van der Waals surface area contributed by atoms with Gasteiger partial charge >= 0.3 is 11.9 Å². The van der Waals surface area contributed by atoms with E-state index in [1.54, 1.807) is 13.3 Å². The average Bonchev–Trinajstić information content (AvgIpc) is 3.47. The number of esters is 2. The zero-order valence-electron chi connectivity index (χ0n) is 26.5. The summed E-state index contributed by atoms with van der Waals surface area (Å²) in [5.74, 6) is -1.04. The molecule has 0 spiro atoms. The van der Waals surface area contributed by atoms with Gasteiger partial charge in [0, 0.05) is 32.9 Å². The first-order valence-corrected chi connectivity index (χ1v) is 14.9. The van der Waals surface area contributed by atoms with Crippen LogP contribution in [0.5, 0.6) is 5.75 Å². The fourth-order valence-electron chi connectivity index (χ4n) is 4.64. The summed E-state index contributed by atoms with van der Waals surface area (Å²) >= 11 is 0. The van der Waals surface area contributed by atoms with Crippen molar-refractivity contribution in [2.24, 2.45) is 0 Å². The number of hydrogen-bond donors (Lipinski definition) is 1. The fraction of sp³-hybridized carbons (Fsp3) is 0.633. The summed E-state index contributed by atoms with van der Waals surface area (Å²) in [7, 11) is 1.57. The van der Waals surface area contributed by atoms with Crippen molar-refractivity contribution in [3.63, 3.8) is 0 Å². The Morgan fingerprint density at radius 2 is 1.56 bits per heavy atom. The summed E-state index contributed by atoms with van der Waals surface area (Å²) in [6, 6.07) is 6.34. The van der Waals surface area contributed by atoms with Crippen molar-refractivity contribution in [3.05, 3.63) is 30.5 Å². The minimum atomic E-state index is -1.13. The highest BCUT2D eigenvalue weighted by Crippen LogP contribution is 2.29. The lowest BCUT2D eigenvalue weighted by atomic mass is 9.95. The SMILES string of the molecule is CCCOCCOCCOCCOC1O[C@H](Cn2cc(-c3cccc(OC)c3)nn2)[C@H](OC(C)=O)[C@H](OC(C)=O)[C@H]1NC(C)=O. The summed E-state index contributed by atoms with van der Waals surface area (Å²) in [6.45, 7) is 8.56. The van der Waals surface area contributed by atoms with E-state index in [4.69, 9.17) is 37.9 Å². The molecule has 1 saturated heterocycles. The Labute approximate surface area is 262 Å². The summed E-state index contributed by atoms with van der Waals surface area (Å²) in [5, 5.41) is 11.2. The first kappa shape index (κ1) is 35.8. The minimum Gasteiger partial charge on any atom is -0.497 e. The molecule has 1 fully saturated rings. The zero-order chi connectivity index (χ0) is 32.6. The molecule has 0 saturated carbocycles. The Morgan fingerprint density at radius 3 is 2.18 bits per heavy atom. The molecule has 1 amide bonds. The second kappa shape index (κ2) is 19.0. The molecule has 3 rings (SSSR count).